The molecule has 0 radical (unpaired) electrons. The maximum absolute atomic E-state index is 6.29. The second kappa shape index (κ2) is 6.00. The van der Waals surface area contributed by atoms with E-state index in [1.807, 2.05) is 12.1 Å². The van der Waals surface area contributed by atoms with E-state index in [1.165, 1.54) is 11.1 Å². The van der Waals surface area contributed by atoms with Crippen molar-refractivity contribution in [2.75, 3.05) is 0 Å². The summed E-state index contributed by atoms with van der Waals surface area (Å²) in [4.78, 5) is 0. The predicted octanol–water partition coefficient (Wildman–Crippen LogP) is 4.76. The lowest BCUT2D eigenvalue weighted by Gasteiger charge is -2.15. The van der Waals surface area contributed by atoms with E-state index < -0.39 is 0 Å². The lowest BCUT2D eigenvalue weighted by molar-refractivity contribution is 0.717. The molecule has 0 saturated carbocycles. The predicted molar refractivity (Wildman–Crippen MR) is 83.7 cm³/mol. The quantitative estimate of drug-likeness (QED) is 0.830. The lowest BCUT2D eigenvalue weighted by atomic mass is 9.98. The fourth-order valence-corrected chi connectivity index (χ4v) is 2.74. The molecule has 0 aliphatic heterocycles. The minimum atomic E-state index is 0.0143. The van der Waals surface area contributed by atoms with Gasteiger partial charge in [0.1, 0.15) is 0 Å². The molecule has 0 spiro atoms. The summed E-state index contributed by atoms with van der Waals surface area (Å²) in [6.07, 6.45) is 0.843. The van der Waals surface area contributed by atoms with E-state index in [-0.39, 0.29) is 6.04 Å². The number of rotatable bonds is 3. The second-order valence-electron chi connectivity index (χ2n) is 4.46. The molecule has 0 aliphatic rings. The number of nitrogens with two attached hydrogens (primary N) is 1. The summed E-state index contributed by atoms with van der Waals surface area (Å²) in [6, 6.07) is 14.6. The summed E-state index contributed by atoms with van der Waals surface area (Å²) in [5, 5.41) is 0. The van der Waals surface area contributed by atoms with Crippen molar-refractivity contribution in [1.29, 1.82) is 0 Å². The Balaban J connectivity index is 2.18. The molecule has 2 N–H and O–H groups in total. The van der Waals surface area contributed by atoms with Crippen LogP contribution in [0.2, 0.25) is 0 Å². The van der Waals surface area contributed by atoms with Crippen LogP contribution < -0.4 is 5.73 Å². The Kier molecular flexibility index (Phi) is 4.60. The van der Waals surface area contributed by atoms with Crippen LogP contribution in [0.15, 0.2) is 51.4 Å². The highest BCUT2D eigenvalue weighted by Gasteiger charge is 2.10. The monoisotopic (exact) mass is 367 g/mol. The summed E-state index contributed by atoms with van der Waals surface area (Å²) in [5.74, 6) is 0. The Morgan fingerprint density at radius 3 is 2.39 bits per heavy atom. The molecule has 2 aromatic rings. The van der Waals surface area contributed by atoms with Gasteiger partial charge in [0, 0.05) is 15.0 Å². The molecule has 0 aliphatic carbocycles. The second-order valence-corrected chi connectivity index (χ2v) is 6.23. The molecule has 1 atom stereocenters. The summed E-state index contributed by atoms with van der Waals surface area (Å²) in [7, 11) is 0. The Bertz CT molecular complexity index is 535. The first-order chi connectivity index (χ1) is 8.56. The van der Waals surface area contributed by atoms with Gasteiger partial charge in [0.05, 0.1) is 0 Å². The smallest absolute Gasteiger partial charge is 0.0347 e. The van der Waals surface area contributed by atoms with Gasteiger partial charge < -0.3 is 5.73 Å². The summed E-state index contributed by atoms with van der Waals surface area (Å²) in [6.45, 7) is 2.09. The first-order valence-corrected chi connectivity index (χ1v) is 7.41. The van der Waals surface area contributed by atoms with Crippen LogP contribution in [0.3, 0.4) is 0 Å². The number of hydrogen-bond donors (Lipinski definition) is 1. The highest BCUT2D eigenvalue weighted by atomic mass is 79.9. The first kappa shape index (κ1) is 13.8. The highest BCUT2D eigenvalue weighted by Crippen LogP contribution is 2.26. The van der Waals surface area contributed by atoms with Crippen molar-refractivity contribution < 1.29 is 0 Å². The SMILES string of the molecule is Cc1ccc(Br)c(C(N)Cc2ccc(Br)cc2)c1. The van der Waals surface area contributed by atoms with Crippen molar-refractivity contribution in [3.05, 3.63) is 68.1 Å². The number of halogens is 2. The van der Waals surface area contributed by atoms with E-state index in [0.717, 1.165) is 20.9 Å². The van der Waals surface area contributed by atoms with Gasteiger partial charge in [-0.2, -0.15) is 0 Å². The van der Waals surface area contributed by atoms with E-state index in [4.69, 9.17) is 5.73 Å². The molecule has 2 rings (SSSR count). The fraction of sp³-hybridized carbons (Fsp3) is 0.200. The maximum Gasteiger partial charge on any atom is 0.0347 e. The minimum absolute atomic E-state index is 0.0143. The molecule has 1 nitrogen and oxygen atoms in total. The molecule has 1 unspecified atom stereocenters. The van der Waals surface area contributed by atoms with Gasteiger partial charge in [0.25, 0.3) is 0 Å². The molecule has 94 valence electrons. The molecule has 18 heavy (non-hydrogen) atoms. The Hall–Kier alpha value is -0.640. The van der Waals surface area contributed by atoms with E-state index in [2.05, 4.69) is 69.1 Å². The number of hydrogen-bond acceptors (Lipinski definition) is 1. The standard InChI is InChI=1S/C15H15Br2N/c1-10-2-7-14(17)13(8-10)15(18)9-11-3-5-12(16)6-4-11/h2-8,15H,9,18H2,1H3. The van der Waals surface area contributed by atoms with Gasteiger partial charge in [0.2, 0.25) is 0 Å². The molecule has 0 saturated heterocycles. The van der Waals surface area contributed by atoms with Crippen LogP contribution in [0.5, 0.6) is 0 Å². The number of aryl methyl sites for hydroxylation is 1. The van der Waals surface area contributed by atoms with E-state index >= 15 is 0 Å². The van der Waals surface area contributed by atoms with Crippen molar-refractivity contribution in [2.45, 2.75) is 19.4 Å². The third-order valence-corrected chi connectivity index (χ3v) is 4.17. The zero-order valence-corrected chi connectivity index (χ0v) is 13.3. The van der Waals surface area contributed by atoms with Gasteiger partial charge in [-0.3, -0.25) is 0 Å². The molecular weight excluding hydrogens is 354 g/mol. The molecule has 0 bridgehead atoms. The molecule has 0 fully saturated rings. The van der Waals surface area contributed by atoms with Crippen molar-refractivity contribution >= 4 is 31.9 Å². The van der Waals surface area contributed by atoms with Gasteiger partial charge in [0.15, 0.2) is 0 Å². The Labute approximate surface area is 125 Å². The van der Waals surface area contributed by atoms with E-state index in [0.29, 0.717) is 0 Å². The molecule has 3 heteroatoms. The zero-order chi connectivity index (χ0) is 13.1. The van der Waals surface area contributed by atoms with Gasteiger partial charge in [-0.1, -0.05) is 61.7 Å². The summed E-state index contributed by atoms with van der Waals surface area (Å²) < 4.78 is 2.18. The molecule has 2 aromatic carbocycles. The van der Waals surface area contributed by atoms with Crippen molar-refractivity contribution in [3.8, 4) is 0 Å². The van der Waals surface area contributed by atoms with Gasteiger partial charge in [-0.15, -0.1) is 0 Å². The first-order valence-electron chi connectivity index (χ1n) is 5.82. The van der Waals surface area contributed by atoms with Crippen LogP contribution in [-0.2, 0) is 6.42 Å². The normalized spacial score (nSPS) is 12.4. The Morgan fingerprint density at radius 1 is 1.06 bits per heavy atom. The lowest BCUT2D eigenvalue weighted by Crippen LogP contribution is -2.14. The summed E-state index contributed by atoms with van der Waals surface area (Å²) >= 11 is 7.01. The summed E-state index contributed by atoms with van der Waals surface area (Å²) in [5.41, 5.74) is 9.94. The number of benzene rings is 2. The van der Waals surface area contributed by atoms with Crippen molar-refractivity contribution in [2.24, 2.45) is 5.73 Å². The van der Waals surface area contributed by atoms with E-state index in [1.54, 1.807) is 0 Å². The molecule has 0 amide bonds. The average molecular weight is 369 g/mol. The van der Waals surface area contributed by atoms with Gasteiger partial charge in [-0.25, -0.2) is 0 Å². The average Bonchev–Trinajstić information content (AvgIpc) is 2.35. The topological polar surface area (TPSA) is 26.0 Å². The third-order valence-electron chi connectivity index (χ3n) is 2.92. The van der Waals surface area contributed by atoms with Crippen LogP contribution >= 0.6 is 31.9 Å². The van der Waals surface area contributed by atoms with Crippen LogP contribution in [0.4, 0.5) is 0 Å². The Morgan fingerprint density at radius 2 is 1.72 bits per heavy atom. The maximum atomic E-state index is 6.29. The van der Waals surface area contributed by atoms with Gasteiger partial charge in [-0.05, 0) is 42.7 Å². The minimum Gasteiger partial charge on any atom is -0.324 e. The molecular formula is C15H15Br2N. The van der Waals surface area contributed by atoms with Crippen LogP contribution in [-0.4, -0.2) is 0 Å². The van der Waals surface area contributed by atoms with Crippen LogP contribution in [0.25, 0.3) is 0 Å². The van der Waals surface area contributed by atoms with Crippen molar-refractivity contribution in [1.82, 2.24) is 0 Å². The van der Waals surface area contributed by atoms with Crippen LogP contribution in [0, 0.1) is 6.92 Å². The van der Waals surface area contributed by atoms with Crippen molar-refractivity contribution in [3.63, 3.8) is 0 Å². The van der Waals surface area contributed by atoms with Crippen LogP contribution in [0.1, 0.15) is 22.7 Å². The largest absolute Gasteiger partial charge is 0.324 e. The fourth-order valence-electron chi connectivity index (χ4n) is 1.93. The molecule has 0 heterocycles. The van der Waals surface area contributed by atoms with E-state index in [9.17, 15) is 0 Å². The zero-order valence-electron chi connectivity index (χ0n) is 10.2. The highest BCUT2D eigenvalue weighted by molar-refractivity contribution is 9.10. The van der Waals surface area contributed by atoms with Gasteiger partial charge >= 0.3 is 0 Å². The third kappa shape index (κ3) is 3.44. The molecule has 0 aromatic heterocycles.